The van der Waals surface area contributed by atoms with E-state index in [4.69, 9.17) is 0 Å². The summed E-state index contributed by atoms with van der Waals surface area (Å²) in [5.74, 6) is 1.24. The molecule has 1 aliphatic heterocycles. The molecule has 1 aromatic rings. The van der Waals surface area contributed by atoms with Gasteiger partial charge in [-0.3, -0.25) is 4.79 Å². The van der Waals surface area contributed by atoms with Crippen molar-refractivity contribution in [2.75, 3.05) is 11.9 Å². The second kappa shape index (κ2) is 1.68. The van der Waals surface area contributed by atoms with Gasteiger partial charge in [-0.2, -0.15) is 0 Å². The SMILES string of the molecule is O=C1CC12CNc1ncccc12. The molecule has 12 heavy (non-hydrogen) atoms. The van der Waals surface area contributed by atoms with Crippen molar-refractivity contribution in [3.8, 4) is 0 Å². The van der Waals surface area contributed by atoms with Gasteiger partial charge in [0.15, 0.2) is 0 Å². The average molecular weight is 160 g/mol. The van der Waals surface area contributed by atoms with E-state index in [0.29, 0.717) is 12.2 Å². The van der Waals surface area contributed by atoms with E-state index in [9.17, 15) is 4.79 Å². The summed E-state index contributed by atoms with van der Waals surface area (Å²) in [6.45, 7) is 0.748. The van der Waals surface area contributed by atoms with Crippen molar-refractivity contribution in [2.24, 2.45) is 0 Å². The molecule has 60 valence electrons. The normalized spacial score (nSPS) is 30.2. The van der Waals surface area contributed by atoms with Crippen LogP contribution in [-0.2, 0) is 10.2 Å². The van der Waals surface area contributed by atoms with E-state index in [1.807, 2.05) is 12.1 Å². The molecule has 3 heteroatoms. The smallest absolute Gasteiger partial charge is 0.147 e. The summed E-state index contributed by atoms with van der Waals surface area (Å²) >= 11 is 0. The van der Waals surface area contributed by atoms with Crippen LogP contribution in [0.1, 0.15) is 12.0 Å². The summed E-state index contributed by atoms with van der Waals surface area (Å²) in [4.78, 5) is 15.4. The molecule has 2 aliphatic rings. The zero-order valence-corrected chi connectivity index (χ0v) is 6.50. The van der Waals surface area contributed by atoms with Gasteiger partial charge in [0.25, 0.3) is 0 Å². The molecule has 3 rings (SSSR count). The number of anilines is 1. The number of hydrogen-bond donors (Lipinski definition) is 1. The lowest BCUT2D eigenvalue weighted by Crippen LogP contribution is -2.11. The maximum absolute atomic E-state index is 11.2. The van der Waals surface area contributed by atoms with Crippen LogP contribution in [0, 0.1) is 0 Å². The Kier molecular flexibility index (Phi) is 0.865. The minimum atomic E-state index is -0.177. The first-order valence-electron chi connectivity index (χ1n) is 4.06. The van der Waals surface area contributed by atoms with Gasteiger partial charge < -0.3 is 5.32 Å². The predicted octanol–water partition coefficient (Wildman–Crippen LogP) is 0.718. The molecular formula is C9H8N2O. The van der Waals surface area contributed by atoms with Gasteiger partial charge in [-0.15, -0.1) is 0 Å². The van der Waals surface area contributed by atoms with Crippen LogP contribution in [-0.4, -0.2) is 17.3 Å². The van der Waals surface area contributed by atoms with Crippen molar-refractivity contribution < 1.29 is 4.79 Å². The summed E-state index contributed by atoms with van der Waals surface area (Å²) in [5.41, 5.74) is 0.916. The fraction of sp³-hybridized carbons (Fsp3) is 0.333. The van der Waals surface area contributed by atoms with Gasteiger partial charge in [0.1, 0.15) is 11.6 Å². The van der Waals surface area contributed by atoms with Crippen LogP contribution in [0.25, 0.3) is 0 Å². The van der Waals surface area contributed by atoms with Gasteiger partial charge in [0.05, 0.1) is 5.41 Å². The molecule has 0 radical (unpaired) electrons. The molecule has 1 unspecified atom stereocenters. The number of ketones is 1. The zero-order valence-electron chi connectivity index (χ0n) is 6.50. The molecule has 1 fully saturated rings. The number of hydrogen-bond acceptors (Lipinski definition) is 3. The Labute approximate surface area is 69.8 Å². The van der Waals surface area contributed by atoms with E-state index in [0.717, 1.165) is 17.9 Å². The van der Waals surface area contributed by atoms with E-state index in [1.165, 1.54) is 0 Å². The molecule has 1 atom stereocenters. The lowest BCUT2D eigenvalue weighted by Gasteiger charge is -2.00. The van der Waals surface area contributed by atoms with Crippen LogP contribution in [0.5, 0.6) is 0 Å². The summed E-state index contributed by atoms with van der Waals surface area (Å²) < 4.78 is 0. The minimum absolute atomic E-state index is 0.177. The van der Waals surface area contributed by atoms with Crippen LogP contribution in [0.15, 0.2) is 18.3 Å². The van der Waals surface area contributed by atoms with E-state index in [-0.39, 0.29) is 5.41 Å². The molecule has 0 bridgehead atoms. The van der Waals surface area contributed by atoms with Crippen molar-refractivity contribution in [3.05, 3.63) is 23.9 Å². The number of nitrogens with one attached hydrogen (secondary N) is 1. The van der Waals surface area contributed by atoms with Crippen molar-refractivity contribution in [1.29, 1.82) is 0 Å². The van der Waals surface area contributed by atoms with E-state index < -0.39 is 0 Å². The Hall–Kier alpha value is -1.38. The monoisotopic (exact) mass is 160 g/mol. The van der Waals surface area contributed by atoms with Crippen molar-refractivity contribution in [2.45, 2.75) is 11.8 Å². The average Bonchev–Trinajstić information content (AvgIpc) is 2.58. The number of pyridine rings is 1. The Bertz CT molecular complexity index is 375. The summed E-state index contributed by atoms with van der Waals surface area (Å²) in [6.07, 6.45) is 2.44. The minimum Gasteiger partial charge on any atom is -0.368 e. The third-order valence-electron chi connectivity index (χ3n) is 2.75. The Morgan fingerprint density at radius 3 is 3.17 bits per heavy atom. The maximum Gasteiger partial charge on any atom is 0.147 e. The third kappa shape index (κ3) is 0.534. The number of carbonyl (C=O) groups excluding carboxylic acids is 1. The first kappa shape index (κ1) is 6.17. The highest BCUT2D eigenvalue weighted by atomic mass is 16.1. The van der Waals surface area contributed by atoms with Crippen LogP contribution < -0.4 is 5.32 Å². The number of rotatable bonds is 0. The molecule has 3 nitrogen and oxygen atoms in total. The summed E-state index contributed by atoms with van der Waals surface area (Å²) in [6, 6.07) is 3.88. The highest BCUT2D eigenvalue weighted by Crippen LogP contribution is 2.49. The molecule has 1 spiro atoms. The topological polar surface area (TPSA) is 42.0 Å². The molecule has 0 saturated heterocycles. The number of nitrogens with zero attached hydrogens (tertiary/aromatic N) is 1. The molecule has 2 heterocycles. The molecule has 1 aromatic heterocycles. The van der Waals surface area contributed by atoms with Gasteiger partial charge in [0.2, 0.25) is 0 Å². The predicted molar refractivity (Wildman–Crippen MR) is 44.0 cm³/mol. The fourth-order valence-electron chi connectivity index (χ4n) is 1.90. The van der Waals surface area contributed by atoms with Crippen LogP contribution >= 0.6 is 0 Å². The lowest BCUT2D eigenvalue weighted by atomic mass is 10.0. The lowest BCUT2D eigenvalue weighted by molar-refractivity contribution is -0.111. The fourth-order valence-corrected chi connectivity index (χ4v) is 1.90. The molecule has 1 N–H and O–H groups in total. The van der Waals surface area contributed by atoms with Crippen molar-refractivity contribution in [3.63, 3.8) is 0 Å². The van der Waals surface area contributed by atoms with Gasteiger partial charge in [-0.1, -0.05) is 6.07 Å². The molecular weight excluding hydrogens is 152 g/mol. The summed E-state index contributed by atoms with van der Waals surface area (Å²) in [5, 5.41) is 3.15. The van der Waals surface area contributed by atoms with Crippen LogP contribution in [0.4, 0.5) is 5.82 Å². The quantitative estimate of drug-likeness (QED) is 0.608. The molecule has 0 aromatic carbocycles. The van der Waals surface area contributed by atoms with E-state index in [1.54, 1.807) is 6.20 Å². The van der Waals surface area contributed by atoms with Gasteiger partial charge in [-0.05, 0) is 6.07 Å². The standard InChI is InChI=1S/C9H8N2O/c12-7-4-9(7)5-11-8-6(9)2-1-3-10-8/h1-3H,4-5H2,(H,10,11). The van der Waals surface area contributed by atoms with Crippen molar-refractivity contribution >= 4 is 11.6 Å². The van der Waals surface area contributed by atoms with E-state index >= 15 is 0 Å². The number of aromatic nitrogens is 1. The van der Waals surface area contributed by atoms with Gasteiger partial charge in [-0.25, -0.2) is 4.98 Å². The first-order chi connectivity index (χ1) is 5.83. The summed E-state index contributed by atoms with van der Waals surface area (Å²) in [7, 11) is 0. The Morgan fingerprint density at radius 1 is 1.58 bits per heavy atom. The second-order valence-corrected chi connectivity index (χ2v) is 3.44. The first-order valence-corrected chi connectivity index (χ1v) is 4.06. The Balaban J connectivity index is 2.21. The zero-order chi connectivity index (χ0) is 8.18. The third-order valence-corrected chi connectivity index (χ3v) is 2.75. The van der Waals surface area contributed by atoms with Crippen LogP contribution in [0.2, 0.25) is 0 Å². The van der Waals surface area contributed by atoms with E-state index in [2.05, 4.69) is 10.3 Å². The van der Waals surface area contributed by atoms with Crippen LogP contribution in [0.3, 0.4) is 0 Å². The number of Topliss-reactive ketones (excluding diaryl/α,β-unsaturated/α-hetero) is 1. The molecule has 1 saturated carbocycles. The number of carbonyl (C=O) groups is 1. The van der Waals surface area contributed by atoms with Gasteiger partial charge in [0, 0.05) is 24.7 Å². The largest absolute Gasteiger partial charge is 0.368 e. The van der Waals surface area contributed by atoms with Gasteiger partial charge >= 0.3 is 0 Å². The molecule has 0 amide bonds. The highest BCUT2D eigenvalue weighted by Gasteiger charge is 2.58. The highest BCUT2D eigenvalue weighted by molar-refractivity contribution is 6.09. The number of fused-ring (bicyclic) bond motifs is 2. The molecule has 1 aliphatic carbocycles. The second-order valence-electron chi connectivity index (χ2n) is 3.44. The maximum atomic E-state index is 11.2. The van der Waals surface area contributed by atoms with Crippen molar-refractivity contribution in [1.82, 2.24) is 4.98 Å². The Morgan fingerprint density at radius 2 is 2.42 bits per heavy atom.